The Morgan fingerprint density at radius 3 is 2.74 bits per heavy atom. The number of nitrogens with zero attached hydrogens (tertiary/aromatic N) is 2. The summed E-state index contributed by atoms with van der Waals surface area (Å²) in [4.78, 5) is 5.01. The van der Waals surface area contributed by atoms with Gasteiger partial charge in [0.05, 0.1) is 7.11 Å². The van der Waals surface area contributed by atoms with Crippen LogP contribution in [0.1, 0.15) is 17.2 Å². The van der Waals surface area contributed by atoms with Gasteiger partial charge in [0.25, 0.3) is 0 Å². The first-order valence-corrected chi connectivity index (χ1v) is 7.08. The maximum absolute atomic E-state index is 5.33. The predicted octanol–water partition coefficient (Wildman–Crippen LogP) is 1.09. The van der Waals surface area contributed by atoms with Crippen LogP contribution >= 0.6 is 0 Å². The fourth-order valence-electron chi connectivity index (χ4n) is 3.10. The van der Waals surface area contributed by atoms with Crippen LogP contribution in [0.5, 0.6) is 5.75 Å². The van der Waals surface area contributed by atoms with Crippen LogP contribution in [0.3, 0.4) is 0 Å². The minimum Gasteiger partial charge on any atom is -0.497 e. The maximum Gasteiger partial charge on any atom is 0.119 e. The Kier molecular flexibility index (Phi) is 3.73. The molecule has 2 heterocycles. The fraction of sp³-hybridized carbons (Fsp3) is 0.600. The number of hydrogen-bond donors (Lipinski definition) is 1. The number of hydrogen-bond acceptors (Lipinski definition) is 4. The molecule has 1 saturated heterocycles. The number of benzene rings is 1. The van der Waals surface area contributed by atoms with E-state index in [0.29, 0.717) is 6.04 Å². The second kappa shape index (κ2) is 5.49. The number of fused-ring (bicyclic) bond motifs is 1. The highest BCUT2D eigenvalue weighted by Gasteiger charge is 2.27. The lowest BCUT2D eigenvalue weighted by atomic mass is 9.94. The van der Waals surface area contributed by atoms with E-state index < -0.39 is 0 Å². The van der Waals surface area contributed by atoms with E-state index in [9.17, 15) is 0 Å². The minimum absolute atomic E-state index is 0.517. The molecular weight excluding hydrogens is 238 g/mol. The van der Waals surface area contributed by atoms with Gasteiger partial charge in [-0.2, -0.15) is 0 Å². The summed E-state index contributed by atoms with van der Waals surface area (Å²) in [5.41, 5.74) is 2.86. The SMILES string of the molecule is COc1ccc2c(c1)CNC[C@H]2N1CCN(C)CC1. The van der Waals surface area contributed by atoms with E-state index in [0.717, 1.165) is 31.9 Å². The van der Waals surface area contributed by atoms with E-state index in [1.165, 1.54) is 24.2 Å². The number of likely N-dealkylation sites (N-methyl/N-ethyl adjacent to an activating group) is 1. The van der Waals surface area contributed by atoms with E-state index in [-0.39, 0.29) is 0 Å². The number of methoxy groups -OCH3 is 1. The molecule has 1 aromatic carbocycles. The first-order chi connectivity index (χ1) is 9.28. The summed E-state index contributed by atoms with van der Waals surface area (Å²) in [6, 6.07) is 7.03. The molecule has 2 aliphatic heterocycles. The van der Waals surface area contributed by atoms with Crippen LogP contribution in [-0.2, 0) is 6.54 Å². The van der Waals surface area contributed by atoms with Crippen molar-refractivity contribution in [2.75, 3.05) is 46.9 Å². The van der Waals surface area contributed by atoms with E-state index >= 15 is 0 Å². The molecule has 0 aromatic heterocycles. The molecule has 4 heteroatoms. The number of piperazine rings is 1. The number of nitrogens with one attached hydrogen (secondary N) is 1. The van der Waals surface area contributed by atoms with E-state index in [4.69, 9.17) is 4.74 Å². The average Bonchev–Trinajstić information content (AvgIpc) is 2.47. The zero-order chi connectivity index (χ0) is 13.2. The maximum atomic E-state index is 5.33. The first-order valence-electron chi connectivity index (χ1n) is 7.08. The van der Waals surface area contributed by atoms with Gasteiger partial charge >= 0.3 is 0 Å². The lowest BCUT2D eigenvalue weighted by Crippen LogP contribution is -2.49. The van der Waals surface area contributed by atoms with E-state index in [2.05, 4.69) is 40.4 Å². The van der Waals surface area contributed by atoms with Gasteiger partial charge in [0.1, 0.15) is 5.75 Å². The van der Waals surface area contributed by atoms with Gasteiger partial charge < -0.3 is 15.0 Å². The summed E-state index contributed by atoms with van der Waals surface area (Å²) >= 11 is 0. The zero-order valence-electron chi connectivity index (χ0n) is 11.9. The second-order valence-electron chi connectivity index (χ2n) is 5.55. The quantitative estimate of drug-likeness (QED) is 0.862. The van der Waals surface area contributed by atoms with Crippen LogP contribution in [0.2, 0.25) is 0 Å². The molecule has 0 aliphatic carbocycles. The Balaban J connectivity index is 1.82. The van der Waals surface area contributed by atoms with Gasteiger partial charge in [-0.15, -0.1) is 0 Å². The van der Waals surface area contributed by atoms with Gasteiger partial charge in [-0.1, -0.05) is 6.07 Å². The van der Waals surface area contributed by atoms with Crippen LogP contribution in [0.15, 0.2) is 18.2 Å². The van der Waals surface area contributed by atoms with Crippen molar-refractivity contribution in [3.8, 4) is 5.75 Å². The molecule has 0 saturated carbocycles. The van der Waals surface area contributed by atoms with Crippen molar-refractivity contribution in [2.45, 2.75) is 12.6 Å². The van der Waals surface area contributed by atoms with Crippen molar-refractivity contribution < 1.29 is 4.74 Å². The number of rotatable bonds is 2. The molecule has 1 atom stereocenters. The molecular formula is C15H23N3O. The van der Waals surface area contributed by atoms with Crippen molar-refractivity contribution in [1.82, 2.24) is 15.1 Å². The van der Waals surface area contributed by atoms with Crippen molar-refractivity contribution in [3.63, 3.8) is 0 Å². The molecule has 1 N–H and O–H groups in total. The largest absolute Gasteiger partial charge is 0.497 e. The monoisotopic (exact) mass is 261 g/mol. The highest BCUT2D eigenvalue weighted by Crippen LogP contribution is 2.30. The smallest absolute Gasteiger partial charge is 0.119 e. The molecule has 0 radical (unpaired) electrons. The van der Waals surface area contributed by atoms with Gasteiger partial charge in [0.2, 0.25) is 0 Å². The van der Waals surface area contributed by atoms with E-state index in [1.807, 2.05) is 0 Å². The highest BCUT2D eigenvalue weighted by atomic mass is 16.5. The van der Waals surface area contributed by atoms with Crippen LogP contribution in [0.25, 0.3) is 0 Å². The minimum atomic E-state index is 0.517. The summed E-state index contributed by atoms with van der Waals surface area (Å²) in [5.74, 6) is 0.958. The molecule has 0 spiro atoms. The molecule has 0 unspecified atom stereocenters. The Morgan fingerprint density at radius 2 is 2.00 bits per heavy atom. The summed E-state index contributed by atoms with van der Waals surface area (Å²) < 4.78 is 5.33. The Morgan fingerprint density at radius 1 is 1.21 bits per heavy atom. The average molecular weight is 261 g/mol. The third-order valence-electron chi connectivity index (χ3n) is 4.34. The van der Waals surface area contributed by atoms with Crippen LogP contribution in [0.4, 0.5) is 0 Å². The summed E-state index contributed by atoms with van der Waals surface area (Å²) in [6.45, 7) is 6.67. The van der Waals surface area contributed by atoms with Crippen molar-refractivity contribution in [1.29, 1.82) is 0 Å². The van der Waals surface area contributed by atoms with Gasteiger partial charge in [0.15, 0.2) is 0 Å². The van der Waals surface area contributed by atoms with E-state index in [1.54, 1.807) is 7.11 Å². The molecule has 104 valence electrons. The standard InChI is InChI=1S/C15H23N3O/c1-17-5-7-18(8-6-17)15-11-16-10-12-9-13(19-2)3-4-14(12)15/h3-4,9,15-16H,5-8,10-11H2,1-2H3/t15-/m1/s1. The molecule has 19 heavy (non-hydrogen) atoms. The topological polar surface area (TPSA) is 27.7 Å². The highest BCUT2D eigenvalue weighted by molar-refractivity contribution is 5.39. The Hall–Kier alpha value is -1.10. The molecule has 1 fully saturated rings. The molecule has 1 aromatic rings. The van der Waals surface area contributed by atoms with Gasteiger partial charge in [-0.05, 0) is 30.3 Å². The molecule has 0 bridgehead atoms. The summed E-state index contributed by atoms with van der Waals surface area (Å²) in [7, 11) is 3.94. The zero-order valence-corrected chi connectivity index (χ0v) is 11.9. The molecule has 0 amide bonds. The van der Waals surface area contributed by atoms with Gasteiger partial charge in [0, 0.05) is 45.3 Å². The van der Waals surface area contributed by atoms with Crippen LogP contribution in [0, 0.1) is 0 Å². The fourth-order valence-corrected chi connectivity index (χ4v) is 3.10. The second-order valence-corrected chi connectivity index (χ2v) is 5.55. The van der Waals surface area contributed by atoms with Crippen molar-refractivity contribution in [3.05, 3.63) is 29.3 Å². The molecule has 3 rings (SSSR count). The molecule has 2 aliphatic rings. The first kappa shape index (κ1) is 12.9. The van der Waals surface area contributed by atoms with Crippen LogP contribution in [-0.4, -0.2) is 56.7 Å². The van der Waals surface area contributed by atoms with Gasteiger partial charge in [-0.3, -0.25) is 4.90 Å². The number of ether oxygens (including phenoxy) is 1. The predicted molar refractivity (Wildman–Crippen MR) is 76.5 cm³/mol. The summed E-state index contributed by atoms with van der Waals surface area (Å²) in [5, 5.41) is 3.54. The van der Waals surface area contributed by atoms with Crippen molar-refractivity contribution >= 4 is 0 Å². The Labute approximate surface area is 115 Å². The lowest BCUT2D eigenvalue weighted by molar-refractivity contribution is 0.106. The third-order valence-corrected chi connectivity index (χ3v) is 4.34. The van der Waals surface area contributed by atoms with Crippen LogP contribution < -0.4 is 10.1 Å². The Bertz CT molecular complexity index is 441. The lowest BCUT2D eigenvalue weighted by Gasteiger charge is -2.40. The van der Waals surface area contributed by atoms with Gasteiger partial charge in [-0.25, -0.2) is 0 Å². The molecule has 4 nitrogen and oxygen atoms in total. The third kappa shape index (κ3) is 2.61. The van der Waals surface area contributed by atoms with Crippen molar-refractivity contribution in [2.24, 2.45) is 0 Å². The normalized spacial score (nSPS) is 25.1. The summed E-state index contributed by atoms with van der Waals surface area (Å²) in [6.07, 6.45) is 0.